The van der Waals surface area contributed by atoms with Gasteiger partial charge in [0.2, 0.25) is 5.43 Å². The number of pyridine rings is 1. The van der Waals surface area contributed by atoms with Crippen LogP contribution in [0.4, 0.5) is 26.0 Å². The highest BCUT2D eigenvalue weighted by Gasteiger charge is 2.32. The second-order valence-electron chi connectivity index (χ2n) is 13.6. The second kappa shape index (κ2) is 13.3. The SMILES string of the molecule is CC1CN(c2c(F)cc3c(=O)c(C(=O)O)cn(C4CCC4)c3c2F)CCN1CCCCn1c(=O)cc(Nc2ccc3c(c2)CCC3)[nH]c1=O. The number of aromatic nitrogens is 3. The summed E-state index contributed by atoms with van der Waals surface area (Å²) in [5.74, 6) is -2.81. The number of carboxylic acid groups (broad SMARTS) is 1. The van der Waals surface area contributed by atoms with Crippen molar-refractivity contribution >= 4 is 34.1 Å². The molecule has 1 saturated carbocycles. The Morgan fingerprint density at radius 1 is 1.00 bits per heavy atom. The van der Waals surface area contributed by atoms with Crippen LogP contribution in [-0.2, 0) is 19.4 Å². The molecular formula is C36H40F2N6O5. The summed E-state index contributed by atoms with van der Waals surface area (Å²) < 4.78 is 34.5. The molecule has 0 amide bonds. The summed E-state index contributed by atoms with van der Waals surface area (Å²) in [6.45, 7) is 4.16. The fraction of sp³-hybridized carbons (Fsp3) is 0.444. The number of H-pyrrole nitrogens is 1. The first-order chi connectivity index (χ1) is 23.6. The predicted molar refractivity (Wildman–Crippen MR) is 184 cm³/mol. The number of nitrogens with zero attached hydrogens (tertiary/aromatic N) is 4. The number of nitrogens with one attached hydrogen (secondary N) is 2. The Hall–Kier alpha value is -4.78. The molecule has 13 heteroatoms. The van der Waals surface area contributed by atoms with Crippen molar-refractivity contribution in [1.29, 1.82) is 0 Å². The number of anilines is 3. The molecule has 3 N–H and O–H groups in total. The summed E-state index contributed by atoms with van der Waals surface area (Å²) >= 11 is 0. The Morgan fingerprint density at radius 3 is 2.49 bits per heavy atom. The van der Waals surface area contributed by atoms with E-state index in [-0.39, 0.29) is 40.8 Å². The van der Waals surface area contributed by atoms with Gasteiger partial charge in [-0.05, 0) is 94.2 Å². The van der Waals surface area contributed by atoms with Crippen molar-refractivity contribution in [3.63, 3.8) is 0 Å². The second-order valence-corrected chi connectivity index (χ2v) is 13.6. The molecule has 11 nitrogen and oxygen atoms in total. The van der Waals surface area contributed by atoms with Crippen molar-refractivity contribution in [1.82, 2.24) is 19.0 Å². The minimum atomic E-state index is -1.43. The number of hydrogen-bond acceptors (Lipinski definition) is 7. The zero-order chi connectivity index (χ0) is 34.4. The molecule has 2 aromatic carbocycles. The molecule has 258 valence electrons. The van der Waals surface area contributed by atoms with E-state index >= 15 is 8.78 Å². The number of benzene rings is 2. The van der Waals surface area contributed by atoms with Gasteiger partial charge in [-0.2, -0.15) is 0 Å². The minimum Gasteiger partial charge on any atom is -0.477 e. The number of rotatable bonds is 10. The van der Waals surface area contributed by atoms with Crippen molar-refractivity contribution in [3.8, 4) is 0 Å². The third-order valence-electron chi connectivity index (χ3n) is 10.4. The van der Waals surface area contributed by atoms with E-state index < -0.39 is 34.3 Å². The number of hydrogen-bond donors (Lipinski definition) is 3. The van der Waals surface area contributed by atoms with Crippen LogP contribution < -0.4 is 26.9 Å². The molecule has 1 unspecified atom stereocenters. The van der Waals surface area contributed by atoms with Gasteiger partial charge in [0.1, 0.15) is 22.9 Å². The fourth-order valence-corrected chi connectivity index (χ4v) is 7.55. The van der Waals surface area contributed by atoms with Crippen LogP contribution in [0.5, 0.6) is 0 Å². The van der Waals surface area contributed by atoms with Crippen LogP contribution >= 0.6 is 0 Å². The molecule has 1 aliphatic heterocycles. The van der Waals surface area contributed by atoms with Gasteiger partial charge in [0.15, 0.2) is 5.82 Å². The van der Waals surface area contributed by atoms with E-state index in [1.807, 2.05) is 13.0 Å². The van der Waals surface area contributed by atoms with E-state index in [1.54, 1.807) is 4.90 Å². The maximum Gasteiger partial charge on any atom is 0.341 e. The van der Waals surface area contributed by atoms with Crippen molar-refractivity contribution in [2.45, 2.75) is 76.9 Å². The first-order valence-electron chi connectivity index (χ1n) is 17.1. The summed E-state index contributed by atoms with van der Waals surface area (Å²) in [5.41, 5.74) is 0.958. The first kappa shape index (κ1) is 32.8. The summed E-state index contributed by atoms with van der Waals surface area (Å²) in [4.78, 5) is 56.9. The third-order valence-corrected chi connectivity index (χ3v) is 10.4. The normalized spacial score (nSPS) is 18.1. The minimum absolute atomic E-state index is 0.0524. The molecule has 2 aliphatic carbocycles. The van der Waals surface area contributed by atoms with E-state index in [1.165, 1.54) is 32.5 Å². The first-order valence-corrected chi connectivity index (χ1v) is 17.1. The average Bonchev–Trinajstić information content (AvgIpc) is 3.49. The van der Waals surface area contributed by atoms with E-state index in [0.29, 0.717) is 44.8 Å². The largest absolute Gasteiger partial charge is 0.477 e. The van der Waals surface area contributed by atoms with Gasteiger partial charge in [-0.25, -0.2) is 18.4 Å². The van der Waals surface area contributed by atoms with Gasteiger partial charge in [0, 0.05) is 56.2 Å². The number of piperazine rings is 1. The molecule has 1 atom stereocenters. The number of aromatic carboxylic acids is 1. The Balaban J connectivity index is 0.984. The Morgan fingerprint density at radius 2 is 1.78 bits per heavy atom. The molecule has 0 spiro atoms. The third kappa shape index (κ3) is 6.27. The van der Waals surface area contributed by atoms with E-state index in [2.05, 4.69) is 27.3 Å². The zero-order valence-corrected chi connectivity index (χ0v) is 27.4. The maximum atomic E-state index is 16.2. The monoisotopic (exact) mass is 674 g/mol. The molecule has 0 bridgehead atoms. The highest BCUT2D eigenvalue weighted by atomic mass is 19.1. The molecule has 0 radical (unpaired) electrons. The standard InChI is InChI=1S/C36H40F2N6O5/c1-21-19-42(33-28(37)17-26-32(31(33)38)44(25-8-5-9-25)20-27(34(26)46)35(47)48)15-14-41(21)12-2-3-13-43-30(45)18-29(40-36(43)49)39-24-11-10-22-6-4-7-23(22)16-24/h10-11,16-18,20-21,25,39H,2-9,12-15,19H2,1H3,(H,40,49)(H,47,48). The summed E-state index contributed by atoms with van der Waals surface area (Å²) in [5, 5.41) is 12.4. The quantitative estimate of drug-likeness (QED) is 0.205. The highest BCUT2D eigenvalue weighted by molar-refractivity contribution is 5.94. The average molecular weight is 675 g/mol. The molecular weight excluding hydrogens is 634 g/mol. The van der Waals surface area contributed by atoms with Gasteiger partial charge >= 0.3 is 11.7 Å². The number of carboxylic acids is 1. The molecule has 3 aliphatic rings. The number of fused-ring (bicyclic) bond motifs is 2. The van der Waals surface area contributed by atoms with Gasteiger partial charge in [-0.15, -0.1) is 0 Å². The Kier molecular flexibility index (Phi) is 8.86. The van der Waals surface area contributed by atoms with Gasteiger partial charge in [-0.3, -0.25) is 24.0 Å². The fourth-order valence-electron chi connectivity index (χ4n) is 7.55. The number of aromatic amines is 1. The van der Waals surface area contributed by atoms with Crippen molar-refractivity contribution in [3.05, 3.63) is 95.9 Å². The lowest BCUT2D eigenvalue weighted by Crippen LogP contribution is -2.52. The van der Waals surface area contributed by atoms with E-state index in [4.69, 9.17) is 0 Å². The zero-order valence-electron chi connectivity index (χ0n) is 27.4. The van der Waals surface area contributed by atoms with Gasteiger partial charge in [0.05, 0.1) is 10.9 Å². The van der Waals surface area contributed by atoms with E-state index in [0.717, 1.165) is 50.3 Å². The molecule has 7 rings (SSSR count). The number of unbranched alkanes of at least 4 members (excludes halogenated alkanes) is 1. The molecule has 4 aromatic rings. The van der Waals surface area contributed by atoms with Crippen LogP contribution in [0.2, 0.25) is 0 Å². The summed E-state index contributed by atoms with van der Waals surface area (Å²) in [6, 6.07) is 8.28. The van der Waals surface area contributed by atoms with E-state index in [9.17, 15) is 24.3 Å². The Bertz CT molecular complexity index is 2090. The smallest absolute Gasteiger partial charge is 0.341 e. The highest BCUT2D eigenvalue weighted by Crippen LogP contribution is 2.38. The lowest BCUT2D eigenvalue weighted by molar-refractivity contribution is 0.0694. The van der Waals surface area contributed by atoms with Crippen LogP contribution in [0.1, 0.15) is 73.0 Å². The predicted octanol–water partition coefficient (Wildman–Crippen LogP) is 4.78. The van der Waals surface area contributed by atoms with Gasteiger partial charge < -0.3 is 19.9 Å². The molecule has 2 aromatic heterocycles. The van der Waals surface area contributed by atoms with Gasteiger partial charge in [-0.1, -0.05) is 6.07 Å². The van der Waals surface area contributed by atoms with Crippen LogP contribution in [0.15, 0.2) is 50.9 Å². The molecule has 1 saturated heterocycles. The van der Waals surface area contributed by atoms with Crippen LogP contribution in [-0.4, -0.2) is 62.3 Å². The number of carbonyl (C=O) groups is 1. The topological polar surface area (TPSA) is 133 Å². The van der Waals surface area contributed by atoms with Crippen molar-refractivity contribution in [2.75, 3.05) is 36.4 Å². The summed E-state index contributed by atoms with van der Waals surface area (Å²) in [6.07, 6.45) is 8.10. The van der Waals surface area contributed by atoms with Crippen molar-refractivity contribution < 1.29 is 18.7 Å². The number of halogens is 2. The number of aryl methyl sites for hydroxylation is 2. The van der Waals surface area contributed by atoms with Crippen LogP contribution in [0.3, 0.4) is 0 Å². The summed E-state index contributed by atoms with van der Waals surface area (Å²) in [7, 11) is 0. The lowest BCUT2D eigenvalue weighted by Gasteiger charge is -2.41. The Labute approximate surface area is 280 Å². The lowest BCUT2D eigenvalue weighted by atomic mass is 9.92. The molecule has 2 fully saturated rings. The van der Waals surface area contributed by atoms with Gasteiger partial charge in [0.25, 0.3) is 5.56 Å². The maximum absolute atomic E-state index is 16.2. The molecule has 3 heterocycles. The van der Waals surface area contributed by atoms with Crippen LogP contribution in [0.25, 0.3) is 10.9 Å². The molecule has 49 heavy (non-hydrogen) atoms. The van der Waals surface area contributed by atoms with Crippen LogP contribution in [0, 0.1) is 11.6 Å². The van der Waals surface area contributed by atoms with Crippen molar-refractivity contribution in [2.24, 2.45) is 0 Å².